The molecule has 6 nitrogen and oxygen atoms in total. The molecule has 0 spiro atoms. The van der Waals surface area contributed by atoms with Crippen LogP contribution in [0.5, 0.6) is 0 Å². The van der Waals surface area contributed by atoms with Gasteiger partial charge in [0.25, 0.3) is 5.91 Å². The zero-order valence-electron chi connectivity index (χ0n) is 10.4. The third-order valence-corrected chi connectivity index (χ3v) is 3.95. The molecule has 1 aromatic carbocycles. The minimum Gasteiger partial charge on any atom is -0.351 e. The summed E-state index contributed by atoms with van der Waals surface area (Å²) in [6.45, 7) is 0.00344. The summed E-state index contributed by atoms with van der Waals surface area (Å²) in [5.74, 6) is -3.39. The van der Waals surface area contributed by atoms with Gasteiger partial charge in [-0.15, -0.1) is 0 Å². The molecule has 0 saturated carbocycles. The third-order valence-electron chi connectivity index (χ3n) is 2.25. The average molecular weight is 326 g/mol. The monoisotopic (exact) mass is 326 g/mol. The second kappa shape index (κ2) is 6.37. The Hall–Kier alpha value is -1.39. The van der Waals surface area contributed by atoms with E-state index in [1.54, 1.807) is 0 Å². The summed E-state index contributed by atoms with van der Waals surface area (Å²) in [6, 6.07) is 0.797. The maximum atomic E-state index is 13.5. The molecule has 0 saturated heterocycles. The van der Waals surface area contributed by atoms with E-state index in [4.69, 9.17) is 5.14 Å². The Labute approximate surface area is 116 Å². The van der Waals surface area contributed by atoms with E-state index in [2.05, 4.69) is 5.32 Å². The predicted octanol–water partition coefficient (Wildman–Crippen LogP) is -0.279. The van der Waals surface area contributed by atoms with Crippen LogP contribution >= 0.6 is 0 Å². The molecule has 0 bridgehead atoms. The van der Waals surface area contributed by atoms with Crippen LogP contribution < -0.4 is 10.5 Å². The molecule has 0 aliphatic heterocycles. The first-order valence-corrected chi connectivity index (χ1v) is 8.50. The van der Waals surface area contributed by atoms with Crippen molar-refractivity contribution in [1.82, 2.24) is 5.32 Å². The van der Waals surface area contributed by atoms with E-state index in [-0.39, 0.29) is 18.4 Å². The Morgan fingerprint density at radius 2 is 1.95 bits per heavy atom. The quantitative estimate of drug-likeness (QED) is 0.776. The molecule has 0 radical (unpaired) electrons. The molecule has 0 aliphatic rings. The van der Waals surface area contributed by atoms with Gasteiger partial charge in [0.2, 0.25) is 10.0 Å². The standard InChI is InChI=1S/C10H12F2N2O4S2/c1-19(16)3-2-14-10(15)6-4-9(20(13,17)18)8(12)5-7(6)11/h4-5H,2-3H2,1H3,(H,14,15)(H2,13,17,18). The number of halogens is 2. The molecule has 0 heterocycles. The summed E-state index contributed by atoms with van der Waals surface area (Å²) >= 11 is 0. The van der Waals surface area contributed by atoms with Crippen molar-refractivity contribution in [1.29, 1.82) is 0 Å². The minimum atomic E-state index is -4.41. The Morgan fingerprint density at radius 3 is 2.45 bits per heavy atom. The molecular weight excluding hydrogens is 314 g/mol. The maximum Gasteiger partial charge on any atom is 0.254 e. The van der Waals surface area contributed by atoms with Crippen LogP contribution in [0, 0.1) is 11.6 Å². The fourth-order valence-electron chi connectivity index (χ4n) is 1.32. The van der Waals surface area contributed by atoms with Crippen LogP contribution in [0.15, 0.2) is 17.0 Å². The second-order valence-electron chi connectivity index (χ2n) is 3.84. The van der Waals surface area contributed by atoms with Gasteiger partial charge in [0.1, 0.15) is 16.5 Å². The number of rotatable bonds is 5. The highest BCUT2D eigenvalue weighted by Gasteiger charge is 2.21. The Balaban J connectivity index is 3.06. The summed E-state index contributed by atoms with van der Waals surface area (Å²) in [6.07, 6.45) is 1.42. The van der Waals surface area contributed by atoms with Crippen LogP contribution in [0.3, 0.4) is 0 Å². The van der Waals surface area contributed by atoms with Crippen LogP contribution in [0.4, 0.5) is 8.78 Å². The first kappa shape index (κ1) is 16.7. The molecule has 3 N–H and O–H groups in total. The van der Waals surface area contributed by atoms with Gasteiger partial charge in [0.05, 0.1) is 5.56 Å². The van der Waals surface area contributed by atoms with E-state index in [0.29, 0.717) is 6.07 Å². The SMILES string of the molecule is CS(=O)CCNC(=O)c1cc(S(N)(=O)=O)c(F)cc1F. The molecule has 1 amide bonds. The number of carbonyl (C=O) groups is 1. The molecule has 20 heavy (non-hydrogen) atoms. The number of nitrogens with two attached hydrogens (primary N) is 1. The smallest absolute Gasteiger partial charge is 0.254 e. The molecule has 112 valence electrons. The topological polar surface area (TPSA) is 106 Å². The predicted molar refractivity (Wildman–Crippen MR) is 69.0 cm³/mol. The number of primary sulfonamides is 1. The van der Waals surface area contributed by atoms with Gasteiger partial charge >= 0.3 is 0 Å². The van der Waals surface area contributed by atoms with Crippen LogP contribution in [-0.4, -0.2) is 37.1 Å². The highest BCUT2D eigenvalue weighted by molar-refractivity contribution is 7.89. The Bertz CT molecular complexity index is 661. The summed E-state index contributed by atoms with van der Waals surface area (Å²) in [5, 5.41) is 6.99. The molecule has 0 fully saturated rings. The van der Waals surface area contributed by atoms with Crippen LogP contribution in [0.2, 0.25) is 0 Å². The van der Waals surface area contributed by atoms with E-state index >= 15 is 0 Å². The number of carbonyl (C=O) groups excluding carboxylic acids is 1. The number of nitrogens with one attached hydrogen (secondary N) is 1. The first-order valence-electron chi connectivity index (χ1n) is 5.23. The van der Waals surface area contributed by atoms with Gasteiger partial charge in [-0.1, -0.05) is 0 Å². The largest absolute Gasteiger partial charge is 0.351 e. The summed E-state index contributed by atoms with van der Waals surface area (Å²) < 4.78 is 59.7. The van der Waals surface area contributed by atoms with Gasteiger partial charge in [-0.05, 0) is 6.07 Å². The molecular formula is C10H12F2N2O4S2. The molecule has 0 aliphatic carbocycles. The molecule has 1 aromatic rings. The number of sulfonamides is 1. The molecule has 1 unspecified atom stereocenters. The van der Waals surface area contributed by atoms with Gasteiger partial charge in [-0.25, -0.2) is 22.3 Å². The Morgan fingerprint density at radius 1 is 1.35 bits per heavy atom. The van der Waals surface area contributed by atoms with Crippen molar-refractivity contribution >= 4 is 26.7 Å². The summed E-state index contributed by atoms with van der Waals surface area (Å²) in [7, 11) is -5.56. The fourth-order valence-corrected chi connectivity index (χ4v) is 2.33. The van der Waals surface area contributed by atoms with Gasteiger partial charge in [-0.3, -0.25) is 9.00 Å². The number of benzene rings is 1. The van der Waals surface area contributed by atoms with Crippen molar-refractivity contribution in [3.63, 3.8) is 0 Å². The first-order chi connectivity index (χ1) is 9.12. The summed E-state index contributed by atoms with van der Waals surface area (Å²) in [5.41, 5.74) is -0.655. The lowest BCUT2D eigenvalue weighted by atomic mass is 10.2. The van der Waals surface area contributed by atoms with E-state index in [0.717, 1.165) is 0 Å². The van der Waals surface area contributed by atoms with Crippen molar-refractivity contribution in [3.8, 4) is 0 Å². The zero-order valence-corrected chi connectivity index (χ0v) is 12.0. The lowest BCUT2D eigenvalue weighted by Crippen LogP contribution is -2.29. The third kappa shape index (κ3) is 4.32. The fraction of sp³-hybridized carbons (Fsp3) is 0.300. The average Bonchev–Trinajstić information content (AvgIpc) is 2.26. The van der Waals surface area contributed by atoms with E-state index in [1.807, 2.05) is 0 Å². The van der Waals surface area contributed by atoms with Crippen molar-refractivity contribution in [2.24, 2.45) is 5.14 Å². The van der Waals surface area contributed by atoms with Crippen molar-refractivity contribution in [3.05, 3.63) is 29.3 Å². The van der Waals surface area contributed by atoms with E-state index in [1.165, 1.54) is 6.26 Å². The zero-order chi connectivity index (χ0) is 15.5. The van der Waals surface area contributed by atoms with E-state index < -0.39 is 48.8 Å². The molecule has 0 aromatic heterocycles. The van der Waals surface area contributed by atoms with Gasteiger partial charge in [0.15, 0.2) is 0 Å². The van der Waals surface area contributed by atoms with Gasteiger partial charge in [0, 0.05) is 35.4 Å². The number of hydrogen-bond donors (Lipinski definition) is 2. The normalized spacial score (nSPS) is 13.0. The molecule has 10 heteroatoms. The van der Waals surface area contributed by atoms with Crippen LogP contribution in [-0.2, 0) is 20.8 Å². The van der Waals surface area contributed by atoms with Crippen molar-refractivity contribution in [2.45, 2.75) is 4.90 Å². The molecule has 1 rings (SSSR count). The van der Waals surface area contributed by atoms with Gasteiger partial charge in [-0.2, -0.15) is 0 Å². The highest BCUT2D eigenvalue weighted by atomic mass is 32.2. The van der Waals surface area contributed by atoms with Crippen LogP contribution in [0.1, 0.15) is 10.4 Å². The highest BCUT2D eigenvalue weighted by Crippen LogP contribution is 2.18. The summed E-state index contributed by atoms with van der Waals surface area (Å²) in [4.78, 5) is 10.7. The van der Waals surface area contributed by atoms with Crippen molar-refractivity contribution in [2.75, 3.05) is 18.6 Å². The number of hydrogen-bond acceptors (Lipinski definition) is 4. The van der Waals surface area contributed by atoms with E-state index in [9.17, 15) is 26.2 Å². The molecule has 1 atom stereocenters. The van der Waals surface area contributed by atoms with Gasteiger partial charge < -0.3 is 5.32 Å². The lowest BCUT2D eigenvalue weighted by molar-refractivity contribution is 0.0951. The maximum absolute atomic E-state index is 13.5. The van der Waals surface area contributed by atoms with Crippen molar-refractivity contribution < 1.29 is 26.2 Å². The number of amides is 1. The Kier molecular flexibility index (Phi) is 5.31. The minimum absolute atomic E-state index is 0.00344. The lowest BCUT2D eigenvalue weighted by Gasteiger charge is -2.08. The van der Waals surface area contributed by atoms with Crippen LogP contribution in [0.25, 0.3) is 0 Å². The second-order valence-corrected chi connectivity index (χ2v) is 6.93.